The molecule has 112 valence electrons. The van der Waals surface area contributed by atoms with E-state index < -0.39 is 11.9 Å². The second-order valence-corrected chi connectivity index (χ2v) is 5.18. The molecule has 1 aromatic heterocycles. The van der Waals surface area contributed by atoms with E-state index in [4.69, 9.17) is 9.52 Å². The average Bonchev–Trinajstić information content (AvgIpc) is 2.87. The van der Waals surface area contributed by atoms with Crippen LogP contribution in [-0.4, -0.2) is 29.6 Å². The van der Waals surface area contributed by atoms with Crippen LogP contribution in [-0.2, 0) is 11.3 Å². The van der Waals surface area contributed by atoms with E-state index in [1.807, 2.05) is 11.9 Å². The van der Waals surface area contributed by atoms with Gasteiger partial charge in [-0.3, -0.25) is 9.69 Å². The Labute approximate surface area is 122 Å². The van der Waals surface area contributed by atoms with Crippen molar-refractivity contribution >= 4 is 5.97 Å². The van der Waals surface area contributed by atoms with Crippen LogP contribution in [0.4, 0.5) is 4.39 Å². The van der Waals surface area contributed by atoms with Crippen molar-refractivity contribution in [2.45, 2.75) is 13.5 Å². The zero-order valence-corrected chi connectivity index (χ0v) is 12.0. The number of furan rings is 1. The van der Waals surface area contributed by atoms with Crippen molar-refractivity contribution in [3.63, 3.8) is 0 Å². The van der Waals surface area contributed by atoms with Gasteiger partial charge in [0.15, 0.2) is 0 Å². The van der Waals surface area contributed by atoms with Crippen molar-refractivity contribution in [1.29, 1.82) is 0 Å². The minimum Gasteiger partial charge on any atom is -0.481 e. The predicted octanol–water partition coefficient (Wildman–Crippen LogP) is 3.24. The number of benzene rings is 1. The molecule has 0 radical (unpaired) electrons. The lowest BCUT2D eigenvalue weighted by Crippen LogP contribution is -2.28. The minimum atomic E-state index is -0.826. The monoisotopic (exact) mass is 291 g/mol. The van der Waals surface area contributed by atoms with Crippen molar-refractivity contribution in [2.75, 3.05) is 13.6 Å². The molecular weight excluding hydrogens is 273 g/mol. The van der Waals surface area contributed by atoms with Crippen LogP contribution < -0.4 is 0 Å². The van der Waals surface area contributed by atoms with Crippen molar-refractivity contribution in [3.05, 3.63) is 48.0 Å². The van der Waals surface area contributed by atoms with Gasteiger partial charge >= 0.3 is 5.97 Å². The molecule has 0 aliphatic rings. The maximum Gasteiger partial charge on any atom is 0.307 e. The molecule has 4 nitrogen and oxygen atoms in total. The topological polar surface area (TPSA) is 53.7 Å². The first-order chi connectivity index (χ1) is 9.97. The molecule has 0 aliphatic heterocycles. The van der Waals surface area contributed by atoms with Crippen LogP contribution in [0.3, 0.4) is 0 Å². The number of carboxylic acid groups (broad SMARTS) is 1. The van der Waals surface area contributed by atoms with E-state index in [1.54, 1.807) is 37.3 Å². The molecule has 21 heavy (non-hydrogen) atoms. The zero-order chi connectivity index (χ0) is 15.4. The number of carbonyl (C=O) groups is 1. The molecule has 0 fully saturated rings. The Morgan fingerprint density at radius 2 is 2.05 bits per heavy atom. The number of halogens is 1. The summed E-state index contributed by atoms with van der Waals surface area (Å²) in [6, 6.07) is 9.93. The summed E-state index contributed by atoms with van der Waals surface area (Å²) in [4.78, 5) is 12.7. The first-order valence-corrected chi connectivity index (χ1v) is 6.72. The third-order valence-corrected chi connectivity index (χ3v) is 3.23. The average molecular weight is 291 g/mol. The number of nitrogens with zero attached hydrogens (tertiary/aromatic N) is 1. The van der Waals surface area contributed by atoms with Crippen LogP contribution in [0.15, 0.2) is 40.8 Å². The Morgan fingerprint density at radius 1 is 1.33 bits per heavy atom. The molecule has 2 rings (SSSR count). The van der Waals surface area contributed by atoms with Gasteiger partial charge in [0.25, 0.3) is 0 Å². The Bertz CT molecular complexity index is 623. The molecular formula is C16H18FNO3. The third-order valence-electron chi connectivity index (χ3n) is 3.23. The highest BCUT2D eigenvalue weighted by molar-refractivity contribution is 5.69. The van der Waals surface area contributed by atoms with Gasteiger partial charge in [0.05, 0.1) is 18.0 Å². The van der Waals surface area contributed by atoms with Gasteiger partial charge in [-0.2, -0.15) is 0 Å². The Kier molecular flexibility index (Phi) is 4.75. The summed E-state index contributed by atoms with van der Waals surface area (Å²) in [5.74, 6) is -0.452. The molecule has 0 saturated carbocycles. The molecule has 0 aliphatic carbocycles. The van der Waals surface area contributed by atoms with E-state index in [-0.39, 0.29) is 5.82 Å². The van der Waals surface area contributed by atoms with Gasteiger partial charge in [-0.15, -0.1) is 0 Å². The Morgan fingerprint density at radius 3 is 2.71 bits per heavy atom. The Hall–Kier alpha value is -2.14. The summed E-state index contributed by atoms with van der Waals surface area (Å²) in [5, 5.41) is 8.89. The lowest BCUT2D eigenvalue weighted by molar-refractivity contribution is -0.141. The molecule has 1 heterocycles. The van der Waals surface area contributed by atoms with Crippen LogP contribution in [0.5, 0.6) is 0 Å². The number of aliphatic carboxylic acids is 1. The maximum absolute atomic E-state index is 13.7. The number of hydrogen-bond donors (Lipinski definition) is 1. The van der Waals surface area contributed by atoms with Gasteiger partial charge in [-0.05, 0) is 31.3 Å². The van der Waals surface area contributed by atoms with Gasteiger partial charge < -0.3 is 9.52 Å². The summed E-state index contributed by atoms with van der Waals surface area (Å²) >= 11 is 0. The first-order valence-electron chi connectivity index (χ1n) is 6.72. The molecule has 0 amide bonds. The van der Waals surface area contributed by atoms with Crippen LogP contribution in [0, 0.1) is 11.7 Å². The highest BCUT2D eigenvalue weighted by atomic mass is 19.1. The second kappa shape index (κ2) is 6.54. The van der Waals surface area contributed by atoms with Gasteiger partial charge in [-0.25, -0.2) is 4.39 Å². The number of rotatable bonds is 6. The van der Waals surface area contributed by atoms with E-state index in [2.05, 4.69) is 0 Å². The fourth-order valence-electron chi connectivity index (χ4n) is 2.14. The fourth-order valence-corrected chi connectivity index (χ4v) is 2.14. The number of hydrogen-bond acceptors (Lipinski definition) is 3. The van der Waals surface area contributed by atoms with E-state index in [0.29, 0.717) is 30.2 Å². The van der Waals surface area contributed by atoms with E-state index in [1.165, 1.54) is 6.07 Å². The van der Waals surface area contributed by atoms with Crippen molar-refractivity contribution in [2.24, 2.45) is 5.92 Å². The SMILES string of the molecule is CC(CN(C)Cc1ccc(-c2ccccc2F)o1)C(=O)O. The lowest BCUT2D eigenvalue weighted by Gasteiger charge is -2.17. The summed E-state index contributed by atoms with van der Waals surface area (Å²) in [5.41, 5.74) is 0.422. The van der Waals surface area contributed by atoms with Crippen LogP contribution >= 0.6 is 0 Å². The third kappa shape index (κ3) is 3.92. The van der Waals surface area contributed by atoms with Gasteiger partial charge in [0, 0.05) is 6.54 Å². The van der Waals surface area contributed by atoms with Crippen LogP contribution in [0.1, 0.15) is 12.7 Å². The fraction of sp³-hybridized carbons (Fsp3) is 0.312. The molecule has 1 N–H and O–H groups in total. The highest BCUT2D eigenvalue weighted by Gasteiger charge is 2.15. The van der Waals surface area contributed by atoms with Gasteiger partial charge in [0.2, 0.25) is 0 Å². The smallest absolute Gasteiger partial charge is 0.307 e. The summed E-state index contributed by atoms with van der Waals surface area (Å²) in [6.45, 7) is 2.56. The molecule has 0 spiro atoms. The maximum atomic E-state index is 13.7. The van der Waals surface area contributed by atoms with Gasteiger partial charge in [-0.1, -0.05) is 19.1 Å². The molecule has 1 aromatic carbocycles. The summed E-state index contributed by atoms with van der Waals surface area (Å²) < 4.78 is 19.3. The highest BCUT2D eigenvalue weighted by Crippen LogP contribution is 2.25. The first kappa shape index (κ1) is 15.3. The largest absolute Gasteiger partial charge is 0.481 e. The summed E-state index contributed by atoms with van der Waals surface area (Å²) in [7, 11) is 1.82. The zero-order valence-electron chi connectivity index (χ0n) is 12.0. The van der Waals surface area contributed by atoms with Crippen molar-refractivity contribution < 1.29 is 18.7 Å². The second-order valence-electron chi connectivity index (χ2n) is 5.18. The van der Waals surface area contributed by atoms with Crippen molar-refractivity contribution in [1.82, 2.24) is 4.90 Å². The molecule has 1 unspecified atom stereocenters. The van der Waals surface area contributed by atoms with Crippen LogP contribution in [0.25, 0.3) is 11.3 Å². The quantitative estimate of drug-likeness (QED) is 0.887. The molecule has 5 heteroatoms. The minimum absolute atomic E-state index is 0.328. The number of carboxylic acids is 1. The summed E-state index contributed by atoms with van der Waals surface area (Å²) in [6.07, 6.45) is 0. The molecule has 1 atom stereocenters. The van der Waals surface area contributed by atoms with Gasteiger partial charge in [0.1, 0.15) is 17.3 Å². The van der Waals surface area contributed by atoms with Crippen molar-refractivity contribution in [3.8, 4) is 11.3 Å². The molecule has 2 aromatic rings. The normalized spacial score (nSPS) is 12.6. The molecule has 0 saturated heterocycles. The standard InChI is InChI=1S/C16H18FNO3/c1-11(16(19)20)9-18(2)10-12-7-8-15(21-12)13-5-3-4-6-14(13)17/h3-8,11H,9-10H2,1-2H3,(H,19,20). The Balaban J connectivity index is 2.04. The predicted molar refractivity (Wildman–Crippen MR) is 77.2 cm³/mol. The van der Waals surface area contributed by atoms with E-state index in [0.717, 1.165) is 0 Å². The lowest BCUT2D eigenvalue weighted by atomic mass is 10.1. The van der Waals surface area contributed by atoms with E-state index in [9.17, 15) is 9.18 Å². The van der Waals surface area contributed by atoms with E-state index >= 15 is 0 Å². The molecule has 0 bridgehead atoms. The van der Waals surface area contributed by atoms with Crippen LogP contribution in [0.2, 0.25) is 0 Å².